The van der Waals surface area contributed by atoms with Gasteiger partial charge in [-0.25, -0.2) is 10.4 Å². The summed E-state index contributed by atoms with van der Waals surface area (Å²) in [6.07, 6.45) is 0. The van der Waals surface area contributed by atoms with Gasteiger partial charge in [0.2, 0.25) is 0 Å². The van der Waals surface area contributed by atoms with Gasteiger partial charge in [0.1, 0.15) is 6.04 Å². The Balaban J connectivity index is 2.41. The zero-order valence-corrected chi connectivity index (χ0v) is 9.73. The van der Waals surface area contributed by atoms with Gasteiger partial charge in [0.25, 0.3) is 0 Å². The number of likely N-dealkylation sites (N-methyl/N-ethyl adjacent to an activating group) is 1. The average molecular weight is 215 g/mol. The fourth-order valence-corrected chi connectivity index (χ4v) is 1.62. The third kappa shape index (κ3) is 3.77. The quantitative estimate of drug-likeness (QED) is 0.683. The van der Waals surface area contributed by atoms with Crippen molar-refractivity contribution in [2.24, 2.45) is 5.92 Å². The Bertz CT molecular complexity index is 213. The molecule has 5 nitrogen and oxygen atoms in total. The second kappa shape index (κ2) is 5.44. The molecule has 1 aliphatic rings. The zero-order chi connectivity index (χ0) is 11.4. The summed E-state index contributed by atoms with van der Waals surface area (Å²) < 4.78 is 0. The molecule has 0 aromatic carbocycles. The molecule has 2 N–H and O–H groups in total. The molecule has 15 heavy (non-hydrogen) atoms. The van der Waals surface area contributed by atoms with E-state index in [2.05, 4.69) is 17.4 Å². The number of aliphatic carboxylic acids is 1. The molecule has 0 radical (unpaired) electrons. The van der Waals surface area contributed by atoms with Gasteiger partial charge in [0, 0.05) is 26.2 Å². The minimum atomic E-state index is -0.774. The van der Waals surface area contributed by atoms with Gasteiger partial charge < -0.3 is 10.0 Å². The van der Waals surface area contributed by atoms with Crippen molar-refractivity contribution < 1.29 is 9.90 Å². The van der Waals surface area contributed by atoms with Crippen molar-refractivity contribution in [2.75, 3.05) is 33.2 Å². The molecular weight excluding hydrogens is 194 g/mol. The highest BCUT2D eigenvalue weighted by atomic mass is 16.4. The van der Waals surface area contributed by atoms with Crippen molar-refractivity contribution in [2.45, 2.75) is 19.9 Å². The minimum absolute atomic E-state index is 0.0992. The Morgan fingerprint density at radius 2 is 1.80 bits per heavy atom. The van der Waals surface area contributed by atoms with E-state index in [1.807, 2.05) is 18.9 Å². The van der Waals surface area contributed by atoms with E-state index in [1.54, 1.807) is 0 Å². The number of nitrogens with zero attached hydrogens (tertiary/aromatic N) is 2. The molecule has 1 unspecified atom stereocenters. The highest BCUT2D eigenvalue weighted by Gasteiger charge is 2.24. The van der Waals surface area contributed by atoms with Gasteiger partial charge in [0.05, 0.1) is 0 Å². The molecule has 1 rings (SSSR count). The largest absolute Gasteiger partial charge is 0.480 e. The van der Waals surface area contributed by atoms with Crippen LogP contribution in [0.1, 0.15) is 13.8 Å². The Labute approximate surface area is 91.0 Å². The van der Waals surface area contributed by atoms with Crippen molar-refractivity contribution >= 4 is 5.97 Å². The molecule has 0 aromatic heterocycles. The van der Waals surface area contributed by atoms with E-state index < -0.39 is 12.0 Å². The Hall–Kier alpha value is -0.650. The van der Waals surface area contributed by atoms with Gasteiger partial charge in [-0.1, -0.05) is 13.8 Å². The molecule has 0 amide bonds. The maximum atomic E-state index is 11.0. The van der Waals surface area contributed by atoms with Crippen LogP contribution < -0.4 is 5.43 Å². The van der Waals surface area contributed by atoms with Gasteiger partial charge in [-0.05, 0) is 13.0 Å². The molecule has 1 atom stereocenters. The predicted octanol–water partition coefficient (Wildman–Crippen LogP) is -0.152. The highest BCUT2D eigenvalue weighted by Crippen LogP contribution is 2.04. The number of hydrazine groups is 1. The van der Waals surface area contributed by atoms with Crippen LogP contribution in [0.2, 0.25) is 0 Å². The Morgan fingerprint density at radius 3 is 2.20 bits per heavy atom. The first-order valence-corrected chi connectivity index (χ1v) is 5.43. The number of carbonyl (C=O) groups is 1. The number of carboxylic acid groups (broad SMARTS) is 1. The molecule has 1 aliphatic heterocycles. The molecule has 0 aliphatic carbocycles. The van der Waals surface area contributed by atoms with Crippen LogP contribution in [0.5, 0.6) is 0 Å². The molecule has 0 saturated carbocycles. The summed E-state index contributed by atoms with van der Waals surface area (Å²) >= 11 is 0. The van der Waals surface area contributed by atoms with Crippen molar-refractivity contribution in [1.29, 1.82) is 0 Å². The first-order chi connectivity index (χ1) is 7.00. The van der Waals surface area contributed by atoms with Crippen LogP contribution in [0.25, 0.3) is 0 Å². The third-order valence-corrected chi connectivity index (χ3v) is 2.76. The second-order valence-corrected chi connectivity index (χ2v) is 4.48. The van der Waals surface area contributed by atoms with E-state index in [1.165, 1.54) is 0 Å². The summed E-state index contributed by atoms with van der Waals surface area (Å²) in [5.74, 6) is -0.675. The first kappa shape index (κ1) is 12.4. The maximum Gasteiger partial charge on any atom is 0.322 e. The minimum Gasteiger partial charge on any atom is -0.480 e. The van der Waals surface area contributed by atoms with Crippen LogP contribution in [-0.4, -0.2) is 60.3 Å². The Morgan fingerprint density at radius 1 is 1.27 bits per heavy atom. The summed E-state index contributed by atoms with van der Waals surface area (Å²) in [5, 5.41) is 11.0. The second-order valence-electron chi connectivity index (χ2n) is 4.48. The van der Waals surface area contributed by atoms with Crippen molar-refractivity contribution in [3.63, 3.8) is 0 Å². The molecule has 0 aromatic rings. The number of carboxylic acids is 1. The topological polar surface area (TPSA) is 55.8 Å². The molecule has 1 heterocycles. The number of nitrogens with one attached hydrogen (secondary N) is 1. The van der Waals surface area contributed by atoms with Gasteiger partial charge in [-0.3, -0.25) is 4.79 Å². The lowest BCUT2D eigenvalue weighted by Crippen LogP contribution is -2.56. The number of hydrogen-bond acceptors (Lipinski definition) is 4. The molecular formula is C10H21N3O2. The summed E-state index contributed by atoms with van der Waals surface area (Å²) in [4.78, 5) is 13.2. The smallest absolute Gasteiger partial charge is 0.322 e. The van der Waals surface area contributed by atoms with E-state index in [9.17, 15) is 4.79 Å². The van der Waals surface area contributed by atoms with Crippen molar-refractivity contribution in [3.8, 4) is 0 Å². The van der Waals surface area contributed by atoms with E-state index in [0.717, 1.165) is 26.2 Å². The Kier molecular flexibility index (Phi) is 4.50. The number of hydrogen-bond donors (Lipinski definition) is 2. The standard InChI is InChI=1S/C10H21N3O2/c1-8(2)9(10(14)15)11-13-6-4-12(3)5-7-13/h8-9,11H,4-7H2,1-3H3,(H,14,15). The van der Waals surface area contributed by atoms with E-state index in [4.69, 9.17) is 5.11 Å². The van der Waals surface area contributed by atoms with Crippen LogP contribution >= 0.6 is 0 Å². The zero-order valence-electron chi connectivity index (χ0n) is 9.73. The summed E-state index contributed by atoms with van der Waals surface area (Å²) in [6, 6.07) is -0.478. The molecule has 0 spiro atoms. The fraction of sp³-hybridized carbons (Fsp3) is 0.900. The molecule has 5 heteroatoms. The summed E-state index contributed by atoms with van der Waals surface area (Å²) in [5.41, 5.74) is 3.08. The van der Waals surface area contributed by atoms with Crippen LogP contribution in [0.15, 0.2) is 0 Å². The lowest BCUT2D eigenvalue weighted by Gasteiger charge is -2.35. The average Bonchev–Trinajstić information content (AvgIpc) is 2.15. The maximum absolute atomic E-state index is 11.0. The lowest BCUT2D eigenvalue weighted by atomic mass is 10.1. The lowest BCUT2D eigenvalue weighted by molar-refractivity contribution is -0.142. The van der Waals surface area contributed by atoms with Gasteiger partial charge in [0.15, 0.2) is 0 Å². The normalized spacial score (nSPS) is 21.9. The van der Waals surface area contributed by atoms with Gasteiger partial charge >= 0.3 is 5.97 Å². The summed E-state index contributed by atoms with van der Waals surface area (Å²) in [6.45, 7) is 7.57. The van der Waals surface area contributed by atoms with Crippen LogP contribution in [-0.2, 0) is 4.79 Å². The molecule has 1 saturated heterocycles. The van der Waals surface area contributed by atoms with Crippen molar-refractivity contribution in [1.82, 2.24) is 15.3 Å². The third-order valence-electron chi connectivity index (χ3n) is 2.76. The SMILES string of the molecule is CC(C)C(NN1CCN(C)CC1)C(=O)O. The first-order valence-electron chi connectivity index (χ1n) is 5.43. The van der Waals surface area contributed by atoms with E-state index in [-0.39, 0.29) is 5.92 Å². The van der Waals surface area contributed by atoms with E-state index >= 15 is 0 Å². The monoisotopic (exact) mass is 215 g/mol. The highest BCUT2D eigenvalue weighted by molar-refractivity contribution is 5.73. The van der Waals surface area contributed by atoms with Crippen LogP contribution in [0.4, 0.5) is 0 Å². The molecule has 0 bridgehead atoms. The molecule has 1 fully saturated rings. The summed E-state index contributed by atoms with van der Waals surface area (Å²) in [7, 11) is 2.08. The fourth-order valence-electron chi connectivity index (χ4n) is 1.62. The van der Waals surface area contributed by atoms with Crippen molar-refractivity contribution in [3.05, 3.63) is 0 Å². The number of piperazine rings is 1. The van der Waals surface area contributed by atoms with Crippen LogP contribution in [0.3, 0.4) is 0 Å². The van der Waals surface area contributed by atoms with E-state index in [0.29, 0.717) is 0 Å². The van der Waals surface area contributed by atoms with Gasteiger partial charge in [-0.2, -0.15) is 0 Å². The predicted molar refractivity (Wildman–Crippen MR) is 58.5 cm³/mol. The van der Waals surface area contributed by atoms with Crippen LogP contribution in [0, 0.1) is 5.92 Å². The number of rotatable bonds is 4. The van der Waals surface area contributed by atoms with Gasteiger partial charge in [-0.15, -0.1) is 0 Å². The molecule has 88 valence electrons.